The van der Waals surface area contributed by atoms with Gasteiger partial charge >= 0.3 is 5.97 Å². The second kappa shape index (κ2) is 34.2. The van der Waals surface area contributed by atoms with Crippen molar-refractivity contribution in [1.82, 2.24) is 0 Å². The minimum absolute atomic E-state index is 0.00501. The summed E-state index contributed by atoms with van der Waals surface area (Å²) in [5, 5.41) is 21.9. The molecule has 1 aliphatic heterocycles. The third kappa shape index (κ3) is 20.1. The first kappa shape index (κ1) is 56.7. The summed E-state index contributed by atoms with van der Waals surface area (Å²) in [4.78, 5) is 11.1. The number of carboxylic acid groups (broad SMARTS) is 1. The van der Waals surface area contributed by atoms with Gasteiger partial charge in [-0.15, -0.1) is 0 Å². The van der Waals surface area contributed by atoms with Crippen molar-refractivity contribution in [3.05, 3.63) is 96.1 Å². The molecule has 2 N–H and O–H groups in total. The van der Waals surface area contributed by atoms with Gasteiger partial charge in [0.05, 0.1) is 19.8 Å². The molecule has 0 bridgehead atoms. The minimum Gasteiger partial charge on any atom is -0.481 e. The molecule has 0 aliphatic carbocycles. The summed E-state index contributed by atoms with van der Waals surface area (Å²) in [6.45, 7) is 1.64. The molecule has 1 unspecified atom stereocenters. The van der Waals surface area contributed by atoms with Crippen molar-refractivity contribution < 1.29 is 71.8 Å². The van der Waals surface area contributed by atoms with Gasteiger partial charge in [-0.1, -0.05) is 84.9 Å². The first-order valence-corrected chi connectivity index (χ1v) is 27.9. The average Bonchev–Trinajstić information content (AvgIpc) is 3.64. The zero-order chi connectivity index (χ0) is 48.6. The molecule has 1 heterocycles. The maximum absolute atomic E-state index is 11.1. The van der Waals surface area contributed by atoms with Crippen LogP contribution in [0.25, 0.3) is 33.4 Å². The van der Waals surface area contributed by atoms with Crippen LogP contribution in [0.4, 0.5) is 0 Å². The standard InChI is InChI=1S/C51H70O15S2Si/c1-55-20-24-67-22-4-26-69(27-5-23-68-25-21-57-32-59-34-61-36-63-38-65-40-66-39-64-37-62-35-60-33-58-31-56-2)49-28-45(43-12-8-41(9-13-43)6-3-7-51(53)54)16-18-47(49)48-19-17-46(29-50(48)69)44-14-10-42(30-52)11-15-44/h8-19,28-29,52H,3-7,20-27,30-40H2,1-2H3,(H,53,54). The number of carbonyl (C=O) groups is 1. The van der Waals surface area contributed by atoms with Gasteiger partial charge in [0, 0.05) is 32.1 Å². The number of aryl methyl sites for hydroxylation is 1. The van der Waals surface area contributed by atoms with E-state index in [0.717, 1.165) is 77.7 Å². The molecule has 1 aliphatic rings. The molecule has 0 saturated heterocycles. The lowest BCUT2D eigenvalue weighted by atomic mass is 9.97. The third-order valence-corrected chi connectivity index (χ3v) is 18.6. The summed E-state index contributed by atoms with van der Waals surface area (Å²) in [6, 6.07) is 33.4. The number of methoxy groups -OCH3 is 2. The monoisotopic (exact) mass is 1010 g/mol. The number of hydrogen-bond acceptors (Lipinski definition) is 16. The average molecular weight is 1020 g/mol. The van der Waals surface area contributed by atoms with E-state index < -0.39 is 14.0 Å². The lowest BCUT2D eigenvalue weighted by Gasteiger charge is -2.31. The Morgan fingerprint density at radius 2 is 0.899 bits per heavy atom. The van der Waals surface area contributed by atoms with E-state index in [9.17, 15) is 9.90 Å². The molecule has 0 fully saturated rings. The number of thioether (sulfide) groups is 2. The maximum Gasteiger partial charge on any atom is 0.303 e. The van der Waals surface area contributed by atoms with Crippen molar-refractivity contribution >= 4 is 47.9 Å². The van der Waals surface area contributed by atoms with E-state index in [1.807, 2.05) is 35.7 Å². The van der Waals surface area contributed by atoms with Gasteiger partial charge in [-0.3, -0.25) is 4.79 Å². The van der Waals surface area contributed by atoms with Crippen LogP contribution in [0.5, 0.6) is 0 Å². The number of ether oxygens (including phenoxy) is 12. The van der Waals surface area contributed by atoms with Crippen molar-refractivity contribution in [3.8, 4) is 33.4 Å². The van der Waals surface area contributed by atoms with Gasteiger partial charge in [0.15, 0.2) is 54.3 Å². The molecule has 1 atom stereocenters. The molecule has 0 spiro atoms. The van der Waals surface area contributed by atoms with Crippen LogP contribution in [0.3, 0.4) is 0 Å². The van der Waals surface area contributed by atoms with Gasteiger partial charge in [0.25, 0.3) is 0 Å². The van der Waals surface area contributed by atoms with Crippen LogP contribution in [0.2, 0.25) is 12.1 Å². The Morgan fingerprint density at radius 3 is 1.33 bits per heavy atom. The molecule has 5 rings (SSSR count). The van der Waals surface area contributed by atoms with Crippen LogP contribution < -0.4 is 10.4 Å². The quantitative estimate of drug-likeness (QED) is 0.0251. The van der Waals surface area contributed by atoms with Crippen molar-refractivity contribution in [1.29, 1.82) is 0 Å². The number of aliphatic hydroxyl groups is 1. The number of rotatable bonds is 41. The van der Waals surface area contributed by atoms with Crippen LogP contribution in [0, 0.1) is 0 Å². The molecule has 15 nitrogen and oxygen atoms in total. The van der Waals surface area contributed by atoms with E-state index in [-0.39, 0.29) is 81.0 Å². The minimum atomic E-state index is -2.31. The Balaban J connectivity index is 1.10. The Bertz CT molecular complexity index is 2010. The van der Waals surface area contributed by atoms with Gasteiger partial charge in [0.2, 0.25) is 0 Å². The van der Waals surface area contributed by atoms with Gasteiger partial charge < -0.3 is 67.1 Å². The highest BCUT2D eigenvalue weighted by Gasteiger charge is 2.45. The van der Waals surface area contributed by atoms with E-state index in [1.165, 1.54) is 45.3 Å². The highest BCUT2D eigenvalue weighted by atomic mass is 32.2. The summed E-state index contributed by atoms with van der Waals surface area (Å²) in [5.41, 5.74) is 9.50. The van der Waals surface area contributed by atoms with Crippen LogP contribution in [0.1, 0.15) is 36.8 Å². The molecule has 4 aromatic carbocycles. The number of hydrogen-bond donors (Lipinski definition) is 2. The molecule has 69 heavy (non-hydrogen) atoms. The third-order valence-electron chi connectivity index (χ3n) is 11.3. The van der Waals surface area contributed by atoms with Crippen LogP contribution in [0.15, 0.2) is 84.9 Å². The van der Waals surface area contributed by atoms with Gasteiger partial charge in [0.1, 0.15) is 21.7 Å². The lowest BCUT2D eigenvalue weighted by molar-refractivity contribution is -0.231. The molecular formula is C51H70O15S2Si. The fraction of sp³-hybridized carbons (Fsp3) is 0.510. The number of benzene rings is 4. The second-order valence-electron chi connectivity index (χ2n) is 16.0. The first-order chi connectivity index (χ1) is 34.0. The van der Waals surface area contributed by atoms with Gasteiger partial charge in [-0.05, 0) is 104 Å². The first-order valence-electron chi connectivity index (χ1n) is 23.2. The van der Waals surface area contributed by atoms with E-state index in [4.69, 9.17) is 61.9 Å². The predicted octanol–water partition coefficient (Wildman–Crippen LogP) is 7.74. The highest BCUT2D eigenvalue weighted by molar-refractivity contribution is 7.99. The summed E-state index contributed by atoms with van der Waals surface area (Å²) in [6.07, 6.45) is 3.76. The van der Waals surface area contributed by atoms with Crippen molar-refractivity contribution in [2.24, 2.45) is 0 Å². The van der Waals surface area contributed by atoms with Crippen molar-refractivity contribution in [2.75, 3.05) is 118 Å². The molecule has 0 aromatic heterocycles. The molecule has 0 amide bonds. The predicted molar refractivity (Wildman–Crippen MR) is 271 cm³/mol. The smallest absolute Gasteiger partial charge is 0.303 e. The number of aliphatic hydroxyl groups excluding tert-OH is 1. The van der Waals surface area contributed by atoms with E-state index >= 15 is 0 Å². The highest BCUT2D eigenvalue weighted by Crippen LogP contribution is 2.38. The number of fused-ring (bicyclic) bond motifs is 3. The molecule has 4 aromatic rings. The van der Waals surface area contributed by atoms with Crippen molar-refractivity contribution in [2.45, 2.75) is 50.8 Å². The van der Waals surface area contributed by atoms with E-state index in [1.54, 1.807) is 7.11 Å². The molecule has 18 heteroatoms. The van der Waals surface area contributed by atoms with Gasteiger partial charge in [-0.25, -0.2) is 0 Å². The largest absolute Gasteiger partial charge is 0.481 e. The normalized spacial score (nSPS) is 14.1. The van der Waals surface area contributed by atoms with Crippen LogP contribution in [-0.2, 0) is 74.7 Å². The fourth-order valence-corrected chi connectivity index (χ4v) is 15.7. The summed E-state index contributed by atoms with van der Waals surface area (Å²) < 4.78 is 62.4. The van der Waals surface area contributed by atoms with Gasteiger partial charge in [-0.2, -0.15) is 23.5 Å². The summed E-state index contributed by atoms with van der Waals surface area (Å²) in [5.74, 6) is 3.19. The SMILES string of the molecule is COCCSCCC[Si]1(CCCSCCOCOCOCOCOCOCOCOCOCOCOC)c2cc(-c3ccc(CO)cc3)ccc2-c2ccc(-c3ccc(CCCC(=O)O)cc3)cc21. The Hall–Kier alpha value is -3.25. The molecule has 0 radical (unpaired) electrons. The zero-order valence-electron chi connectivity index (χ0n) is 40.1. The van der Waals surface area contributed by atoms with Crippen LogP contribution >= 0.6 is 23.5 Å². The Morgan fingerprint density at radius 1 is 0.478 bits per heavy atom. The lowest BCUT2D eigenvalue weighted by Crippen LogP contribution is -2.55. The number of aliphatic carboxylic acids is 1. The molecule has 0 saturated carbocycles. The van der Waals surface area contributed by atoms with E-state index in [2.05, 4.69) is 72.8 Å². The zero-order valence-corrected chi connectivity index (χ0v) is 42.7. The Kier molecular flexibility index (Phi) is 28.1. The van der Waals surface area contributed by atoms with Crippen molar-refractivity contribution in [3.63, 3.8) is 0 Å². The van der Waals surface area contributed by atoms with E-state index in [0.29, 0.717) is 13.0 Å². The Labute approximate surface area is 416 Å². The maximum atomic E-state index is 11.1. The topological polar surface area (TPSA) is 168 Å². The molecule has 380 valence electrons. The summed E-state index contributed by atoms with van der Waals surface area (Å²) >= 11 is 3.88. The number of carboxylic acids is 1. The summed E-state index contributed by atoms with van der Waals surface area (Å²) in [7, 11) is 0.978. The fourth-order valence-electron chi connectivity index (χ4n) is 8.02. The molecular weight excluding hydrogens is 945 g/mol. The second-order valence-corrected chi connectivity index (χ2v) is 22.7. The van der Waals surface area contributed by atoms with Crippen LogP contribution in [-0.4, -0.2) is 143 Å².